The van der Waals surface area contributed by atoms with Crippen LogP contribution in [-0.4, -0.2) is 28.4 Å². The number of fused-ring (bicyclic) bond motifs is 1. The van der Waals surface area contributed by atoms with E-state index >= 15 is 0 Å². The Kier molecular flexibility index (Phi) is 6.37. The smallest absolute Gasteiger partial charge is 0.310 e. The summed E-state index contributed by atoms with van der Waals surface area (Å²) in [5, 5.41) is -1.97. The molecule has 3 rings (SSSR count). The third kappa shape index (κ3) is 3.83. The molecule has 2 aromatic rings. The van der Waals surface area contributed by atoms with Crippen LogP contribution in [0.15, 0.2) is 68.5 Å². The lowest BCUT2D eigenvalue weighted by molar-refractivity contribution is 0.103. The lowest BCUT2D eigenvalue weighted by atomic mass is 9.92. The predicted molar refractivity (Wildman–Crippen MR) is 116 cm³/mol. The van der Waals surface area contributed by atoms with Gasteiger partial charge >= 0.3 is 7.60 Å². The molecule has 1 N–H and O–H groups in total. The maximum atomic E-state index is 13.7. The average Bonchev–Trinajstić information content (AvgIpc) is 2.71. The molecule has 2 aromatic carbocycles. The summed E-state index contributed by atoms with van der Waals surface area (Å²) in [6, 6.07) is 12.2. The fourth-order valence-electron chi connectivity index (χ4n) is 3.08. The van der Waals surface area contributed by atoms with Crippen molar-refractivity contribution in [3.63, 3.8) is 0 Å². The number of hydrogen-bond acceptors (Lipinski definition) is 6. The molecule has 1 atom stereocenters. The highest BCUT2D eigenvalue weighted by Crippen LogP contribution is 2.65. The molecule has 154 valence electrons. The number of hydrogen-bond donors (Lipinski definition) is 1. The van der Waals surface area contributed by atoms with Gasteiger partial charge in [0.05, 0.1) is 9.38 Å². The molecule has 11 heteroatoms. The maximum Gasteiger partial charge on any atom is 0.359 e. The van der Waals surface area contributed by atoms with Crippen LogP contribution >= 0.6 is 39.5 Å². The number of carbonyl (C=O) groups excluding carboxylic acids is 1. The Morgan fingerprint density at radius 2 is 1.59 bits per heavy atom. The highest BCUT2D eigenvalue weighted by molar-refractivity contribution is 9.12. The van der Waals surface area contributed by atoms with Gasteiger partial charge in [0.15, 0.2) is 11.1 Å². The van der Waals surface area contributed by atoms with E-state index in [0.29, 0.717) is 4.47 Å². The van der Waals surface area contributed by atoms with E-state index < -0.39 is 22.9 Å². The average molecular weight is 565 g/mol. The summed E-state index contributed by atoms with van der Waals surface area (Å²) in [5.74, 6) is -0.377. The second-order valence-corrected chi connectivity index (χ2v) is 11.9. The van der Waals surface area contributed by atoms with Gasteiger partial charge in [-0.2, -0.15) is 4.72 Å². The third-order valence-corrected chi connectivity index (χ3v) is 9.52. The van der Waals surface area contributed by atoms with Crippen LogP contribution in [0.4, 0.5) is 0 Å². The number of ketones is 1. The molecule has 0 saturated carbocycles. The van der Waals surface area contributed by atoms with Gasteiger partial charge < -0.3 is 9.05 Å². The van der Waals surface area contributed by atoms with Gasteiger partial charge in [-0.15, -0.1) is 0 Å². The molecule has 1 aliphatic rings. The van der Waals surface area contributed by atoms with Crippen molar-refractivity contribution in [3.05, 3.63) is 74.7 Å². The number of allylic oxidation sites excluding steroid dienone is 1. The highest BCUT2D eigenvalue weighted by atomic mass is 79.9. The van der Waals surface area contributed by atoms with Crippen molar-refractivity contribution in [2.45, 2.75) is 10.2 Å². The van der Waals surface area contributed by atoms with Gasteiger partial charge in [0.25, 0.3) is 0 Å². The number of benzene rings is 2. The number of nitrogens with one attached hydrogen (secondary N) is 1. The van der Waals surface area contributed by atoms with E-state index in [1.807, 2.05) is 0 Å². The maximum absolute atomic E-state index is 13.7. The zero-order valence-corrected chi connectivity index (χ0v) is 20.1. The van der Waals surface area contributed by atoms with Crippen LogP contribution in [-0.2, 0) is 28.9 Å². The van der Waals surface area contributed by atoms with Crippen molar-refractivity contribution in [1.82, 2.24) is 4.72 Å². The molecule has 0 spiro atoms. The van der Waals surface area contributed by atoms with Crippen molar-refractivity contribution in [2.24, 2.45) is 0 Å². The monoisotopic (exact) mass is 563 g/mol. The number of Topliss-reactive ketones (excluding diaryl/α,β-unsaturated/α-hetero) is 1. The third-order valence-electron chi connectivity index (χ3n) is 4.46. The summed E-state index contributed by atoms with van der Waals surface area (Å²) in [5.41, 5.74) is 0.343. The summed E-state index contributed by atoms with van der Waals surface area (Å²) in [4.78, 5) is 12.6. The topological polar surface area (TPSA) is 98.8 Å². The van der Waals surface area contributed by atoms with Gasteiger partial charge in [-0.1, -0.05) is 40.2 Å². The first kappa shape index (κ1) is 22.6. The van der Waals surface area contributed by atoms with Gasteiger partial charge in [-0.3, -0.25) is 9.36 Å². The van der Waals surface area contributed by atoms with Crippen molar-refractivity contribution in [2.75, 3.05) is 14.2 Å². The van der Waals surface area contributed by atoms with E-state index in [0.717, 1.165) is 14.2 Å². The van der Waals surface area contributed by atoms with Crippen LogP contribution in [0.2, 0.25) is 0 Å². The molecule has 0 fully saturated rings. The number of carbonyl (C=O) groups is 1. The van der Waals surface area contributed by atoms with Crippen LogP contribution in [0.25, 0.3) is 0 Å². The summed E-state index contributed by atoms with van der Waals surface area (Å²) in [6.07, 6.45) is 1.22. The van der Waals surface area contributed by atoms with E-state index in [9.17, 15) is 17.8 Å². The van der Waals surface area contributed by atoms with E-state index in [-0.39, 0.29) is 26.3 Å². The Morgan fingerprint density at radius 3 is 2.17 bits per heavy atom. The zero-order chi connectivity index (χ0) is 21.4. The van der Waals surface area contributed by atoms with Gasteiger partial charge in [-0.05, 0) is 46.3 Å². The van der Waals surface area contributed by atoms with Crippen LogP contribution in [0, 0.1) is 0 Å². The first-order valence-corrected chi connectivity index (χ1v) is 12.7. The van der Waals surface area contributed by atoms with Gasteiger partial charge in [0, 0.05) is 29.8 Å². The lowest BCUT2D eigenvalue weighted by Crippen LogP contribution is -2.47. The number of sulfonamides is 1. The van der Waals surface area contributed by atoms with Crippen molar-refractivity contribution >= 4 is 55.3 Å². The molecule has 7 nitrogen and oxygen atoms in total. The Morgan fingerprint density at radius 1 is 1.00 bits per heavy atom. The van der Waals surface area contributed by atoms with E-state index in [1.54, 1.807) is 24.3 Å². The second kappa shape index (κ2) is 8.19. The highest BCUT2D eigenvalue weighted by Gasteiger charge is 2.56. The van der Waals surface area contributed by atoms with E-state index in [4.69, 9.17) is 9.05 Å². The van der Waals surface area contributed by atoms with Crippen LogP contribution < -0.4 is 4.72 Å². The minimum atomic E-state index is -4.20. The molecule has 0 amide bonds. The summed E-state index contributed by atoms with van der Waals surface area (Å²) >= 11 is 6.42. The Labute approximate surface area is 185 Å². The zero-order valence-electron chi connectivity index (χ0n) is 15.3. The molecule has 0 radical (unpaired) electrons. The minimum Gasteiger partial charge on any atom is -0.310 e. The van der Waals surface area contributed by atoms with Crippen LogP contribution in [0.3, 0.4) is 0 Å². The molecular weight excluding hydrogens is 549 g/mol. The number of rotatable bonds is 6. The normalized spacial score (nSPS) is 19.6. The number of halogens is 2. The molecule has 0 aromatic heterocycles. The summed E-state index contributed by atoms with van der Waals surface area (Å²) < 4.78 is 53.7. The molecule has 0 bridgehead atoms. The Balaban J connectivity index is 2.31. The summed E-state index contributed by atoms with van der Waals surface area (Å²) in [7, 11) is -6.06. The first-order valence-electron chi connectivity index (χ1n) is 8.14. The SMILES string of the molecule is COP(=O)(OC)C1(NS(=O)(=O)c2ccc(Br)cc2)C=C(Br)C(=O)c2ccccc21. The molecule has 1 unspecified atom stereocenters. The molecule has 0 heterocycles. The molecule has 0 saturated heterocycles. The lowest BCUT2D eigenvalue weighted by Gasteiger charge is -2.39. The van der Waals surface area contributed by atoms with Crippen molar-refractivity contribution in [3.8, 4) is 0 Å². The quantitative estimate of drug-likeness (QED) is 0.517. The Bertz CT molecular complexity index is 1140. The molecular formula is C18H16Br2NO6PS. The van der Waals surface area contributed by atoms with E-state index in [1.165, 1.54) is 30.3 Å². The fourth-order valence-corrected chi connectivity index (χ4v) is 7.57. The van der Waals surface area contributed by atoms with Gasteiger partial charge in [0.2, 0.25) is 10.0 Å². The molecule has 1 aliphatic carbocycles. The van der Waals surface area contributed by atoms with Gasteiger partial charge in [-0.25, -0.2) is 8.42 Å². The standard InChI is InChI=1S/C18H16Br2NO6PS/c1-26-28(23,27-2)18(21-29(24,25)13-9-7-12(19)8-10-13)11-16(20)17(22)14-5-3-4-6-15(14)18/h3-11,21H,1-2H3. The van der Waals surface area contributed by atoms with Crippen molar-refractivity contribution in [1.29, 1.82) is 0 Å². The first-order chi connectivity index (χ1) is 13.6. The molecule has 0 aliphatic heterocycles. The fraction of sp³-hybridized carbons (Fsp3) is 0.167. The van der Waals surface area contributed by atoms with E-state index in [2.05, 4.69) is 36.6 Å². The van der Waals surface area contributed by atoms with Crippen LogP contribution in [0.5, 0.6) is 0 Å². The van der Waals surface area contributed by atoms with Crippen molar-refractivity contribution < 1.29 is 26.8 Å². The second-order valence-electron chi connectivity index (χ2n) is 6.06. The Hall–Kier alpha value is -1.13. The van der Waals surface area contributed by atoms with Gasteiger partial charge in [0.1, 0.15) is 0 Å². The largest absolute Gasteiger partial charge is 0.359 e. The minimum absolute atomic E-state index is 0.0315. The predicted octanol–water partition coefficient (Wildman–Crippen LogP) is 4.54. The van der Waals surface area contributed by atoms with Crippen LogP contribution in [0.1, 0.15) is 15.9 Å². The molecule has 29 heavy (non-hydrogen) atoms. The summed E-state index contributed by atoms with van der Waals surface area (Å²) in [6.45, 7) is 0.